The topological polar surface area (TPSA) is 97.3 Å². The van der Waals surface area contributed by atoms with Gasteiger partial charge in [0, 0.05) is 19.2 Å². The number of aromatic hydroxyl groups is 1. The molecule has 0 saturated carbocycles. The Labute approximate surface area is 134 Å². The Morgan fingerprint density at radius 3 is 2.65 bits per heavy atom. The monoisotopic (exact) mass is 323 g/mol. The van der Waals surface area contributed by atoms with E-state index in [4.69, 9.17) is 5.73 Å². The Hall–Kier alpha value is -2.57. The Morgan fingerprint density at radius 2 is 2.09 bits per heavy atom. The number of aromatic nitrogens is 1. The highest BCUT2D eigenvalue weighted by molar-refractivity contribution is 5.95. The predicted octanol–water partition coefficient (Wildman–Crippen LogP) is 2.10. The average molecular weight is 323 g/mol. The molecule has 0 bridgehead atoms. The number of carbonyl (C=O) groups is 1. The number of carbonyl (C=O) groups excluding carboxylic acids is 1. The number of amides is 1. The van der Waals surface area contributed by atoms with Gasteiger partial charge in [0.05, 0.1) is 5.83 Å². The summed E-state index contributed by atoms with van der Waals surface area (Å²) in [6.07, 6.45) is 3.49. The van der Waals surface area contributed by atoms with Crippen molar-refractivity contribution in [2.45, 2.75) is 33.7 Å². The summed E-state index contributed by atoms with van der Waals surface area (Å²) in [6.45, 7) is 5.46. The van der Waals surface area contributed by atoms with Crippen molar-refractivity contribution in [3.8, 4) is 5.75 Å². The van der Waals surface area contributed by atoms with Gasteiger partial charge in [0.25, 0.3) is 5.91 Å². The van der Waals surface area contributed by atoms with Gasteiger partial charge >= 0.3 is 0 Å². The molecule has 4 N–H and O–H groups in total. The largest absolute Gasteiger partial charge is 0.503 e. The average Bonchev–Trinajstić information content (AvgIpc) is 2.48. The fourth-order valence-electron chi connectivity index (χ4n) is 1.97. The van der Waals surface area contributed by atoms with E-state index in [0.717, 1.165) is 6.07 Å². The van der Waals surface area contributed by atoms with E-state index in [-0.39, 0.29) is 23.9 Å². The second kappa shape index (κ2) is 8.17. The van der Waals surface area contributed by atoms with Crippen LogP contribution in [0.15, 0.2) is 34.4 Å². The summed E-state index contributed by atoms with van der Waals surface area (Å²) in [6, 6.07) is 1.09. The molecule has 126 valence electrons. The number of pyridine rings is 1. The lowest BCUT2D eigenvalue weighted by molar-refractivity contribution is 0.0943. The van der Waals surface area contributed by atoms with E-state index in [1.807, 2.05) is 6.92 Å². The van der Waals surface area contributed by atoms with Gasteiger partial charge in [-0.05, 0) is 26.3 Å². The molecule has 0 aliphatic rings. The number of nitrogens with two attached hydrogens (primary N) is 1. The van der Waals surface area contributed by atoms with Crippen LogP contribution < -0.4 is 16.5 Å². The molecule has 0 aliphatic carbocycles. The molecule has 0 saturated heterocycles. The fraction of sp³-hybridized carbons (Fsp3) is 0.375. The van der Waals surface area contributed by atoms with Crippen LogP contribution in [0.4, 0.5) is 10.2 Å². The van der Waals surface area contributed by atoms with E-state index in [2.05, 4.69) is 5.32 Å². The molecule has 6 nitrogen and oxygen atoms in total. The first kappa shape index (κ1) is 18.5. The Balaban J connectivity index is 3.06. The molecule has 23 heavy (non-hydrogen) atoms. The summed E-state index contributed by atoms with van der Waals surface area (Å²) in [5.74, 6) is -1.48. The normalized spacial score (nSPS) is 12.3. The van der Waals surface area contributed by atoms with Crippen molar-refractivity contribution in [3.63, 3.8) is 0 Å². The van der Waals surface area contributed by atoms with Gasteiger partial charge in [0.15, 0.2) is 11.4 Å². The molecule has 0 atom stereocenters. The first-order chi connectivity index (χ1) is 10.8. The second-order valence-electron chi connectivity index (χ2n) is 5.23. The van der Waals surface area contributed by atoms with Crippen LogP contribution in [-0.2, 0) is 6.54 Å². The van der Waals surface area contributed by atoms with E-state index >= 15 is 0 Å². The zero-order valence-corrected chi connectivity index (χ0v) is 13.5. The lowest BCUT2D eigenvalue weighted by Crippen LogP contribution is -2.31. The number of rotatable bonds is 6. The van der Waals surface area contributed by atoms with Crippen molar-refractivity contribution in [1.82, 2.24) is 9.88 Å². The molecule has 0 fully saturated rings. The van der Waals surface area contributed by atoms with Gasteiger partial charge in [-0.2, -0.15) is 0 Å². The third-order valence-corrected chi connectivity index (χ3v) is 3.11. The molecule has 0 aromatic carbocycles. The van der Waals surface area contributed by atoms with Crippen LogP contribution in [0.25, 0.3) is 0 Å². The minimum atomic E-state index is -0.705. The number of allylic oxidation sites excluding steroid dienone is 3. The van der Waals surface area contributed by atoms with Crippen molar-refractivity contribution in [1.29, 1.82) is 0 Å². The smallest absolute Gasteiger partial charge is 0.272 e. The highest BCUT2D eigenvalue weighted by Crippen LogP contribution is 2.16. The lowest BCUT2D eigenvalue weighted by Gasteiger charge is -2.16. The van der Waals surface area contributed by atoms with E-state index < -0.39 is 17.1 Å². The summed E-state index contributed by atoms with van der Waals surface area (Å²) in [4.78, 5) is 24.0. The van der Waals surface area contributed by atoms with Gasteiger partial charge in [-0.1, -0.05) is 18.6 Å². The van der Waals surface area contributed by atoms with Crippen LogP contribution in [0.3, 0.4) is 0 Å². The number of hydrogen-bond donors (Lipinski definition) is 3. The van der Waals surface area contributed by atoms with Crippen LogP contribution in [0.1, 0.15) is 37.7 Å². The molecule has 1 amide bonds. The van der Waals surface area contributed by atoms with Gasteiger partial charge in [0.2, 0.25) is 5.43 Å². The fourth-order valence-corrected chi connectivity index (χ4v) is 1.97. The van der Waals surface area contributed by atoms with E-state index in [1.54, 1.807) is 6.92 Å². The molecule has 0 spiro atoms. The maximum absolute atomic E-state index is 12.6. The summed E-state index contributed by atoms with van der Waals surface area (Å²) in [7, 11) is 0. The molecule has 1 aromatic heterocycles. The number of nitrogens with one attached hydrogen (secondary N) is 1. The Kier molecular flexibility index (Phi) is 6.56. The molecule has 7 heteroatoms. The molecular formula is C16H22FN3O3. The van der Waals surface area contributed by atoms with Gasteiger partial charge in [-0.15, -0.1) is 0 Å². The molecule has 0 unspecified atom stereocenters. The Morgan fingerprint density at radius 1 is 1.43 bits per heavy atom. The van der Waals surface area contributed by atoms with E-state index in [1.165, 1.54) is 23.6 Å². The Bertz CT molecular complexity index is 701. The maximum Gasteiger partial charge on any atom is 0.272 e. The van der Waals surface area contributed by atoms with Crippen LogP contribution >= 0.6 is 0 Å². The molecular weight excluding hydrogens is 301 g/mol. The molecule has 1 rings (SSSR count). The SMILES string of the molecule is CCCn1c(N)cc(=O)c(O)c1C(=O)NC/C(C)=C/C=C(\C)F. The number of halogens is 1. The van der Waals surface area contributed by atoms with Crippen LogP contribution in [0.2, 0.25) is 0 Å². The first-order valence-corrected chi connectivity index (χ1v) is 7.28. The lowest BCUT2D eigenvalue weighted by atomic mass is 10.2. The third-order valence-electron chi connectivity index (χ3n) is 3.11. The summed E-state index contributed by atoms with van der Waals surface area (Å²) < 4.78 is 14.0. The highest BCUT2D eigenvalue weighted by atomic mass is 19.1. The number of anilines is 1. The summed E-state index contributed by atoms with van der Waals surface area (Å²) in [5, 5.41) is 12.5. The standard InChI is InChI=1S/C16H22FN3O3/c1-4-7-20-13(18)8-12(21)15(22)14(20)16(23)19-9-10(2)5-6-11(3)17/h5-6,8,22H,4,7,9,18H2,1-3H3,(H,19,23)/b10-5+,11-6+. The predicted molar refractivity (Wildman–Crippen MR) is 88.0 cm³/mol. The van der Waals surface area contributed by atoms with Crippen molar-refractivity contribution in [2.24, 2.45) is 0 Å². The minimum Gasteiger partial charge on any atom is -0.503 e. The maximum atomic E-state index is 12.6. The van der Waals surface area contributed by atoms with Crippen LogP contribution in [0, 0.1) is 0 Å². The van der Waals surface area contributed by atoms with Crippen molar-refractivity contribution in [3.05, 3.63) is 45.5 Å². The van der Waals surface area contributed by atoms with Crippen molar-refractivity contribution in [2.75, 3.05) is 12.3 Å². The number of nitrogens with zero attached hydrogens (tertiary/aromatic N) is 1. The minimum absolute atomic E-state index is 0.114. The van der Waals surface area contributed by atoms with Gasteiger partial charge < -0.3 is 20.7 Å². The summed E-state index contributed by atoms with van der Waals surface area (Å²) >= 11 is 0. The molecule has 0 aliphatic heterocycles. The van der Waals surface area contributed by atoms with Crippen LogP contribution in [0.5, 0.6) is 5.75 Å². The van der Waals surface area contributed by atoms with Crippen molar-refractivity contribution >= 4 is 11.7 Å². The second-order valence-corrected chi connectivity index (χ2v) is 5.23. The molecule has 1 aromatic rings. The number of nitrogen functional groups attached to an aromatic ring is 1. The van der Waals surface area contributed by atoms with Crippen molar-refractivity contribution < 1.29 is 14.3 Å². The third kappa shape index (κ3) is 4.98. The molecule has 1 heterocycles. The number of hydrogen-bond acceptors (Lipinski definition) is 4. The highest BCUT2D eigenvalue weighted by Gasteiger charge is 2.20. The van der Waals surface area contributed by atoms with Crippen LogP contribution in [-0.4, -0.2) is 22.1 Å². The first-order valence-electron chi connectivity index (χ1n) is 7.28. The quantitative estimate of drug-likeness (QED) is 0.698. The molecule has 0 radical (unpaired) electrons. The van der Waals surface area contributed by atoms with Gasteiger partial charge in [0.1, 0.15) is 5.82 Å². The van der Waals surface area contributed by atoms with Gasteiger partial charge in [-0.3, -0.25) is 9.59 Å². The van der Waals surface area contributed by atoms with Gasteiger partial charge in [-0.25, -0.2) is 4.39 Å². The zero-order chi connectivity index (χ0) is 17.6. The van der Waals surface area contributed by atoms with E-state index in [9.17, 15) is 19.1 Å². The summed E-state index contributed by atoms with van der Waals surface area (Å²) in [5.41, 5.74) is 5.60. The zero-order valence-electron chi connectivity index (χ0n) is 13.5. The van der Waals surface area contributed by atoms with E-state index in [0.29, 0.717) is 18.5 Å².